The van der Waals surface area contributed by atoms with E-state index >= 15 is 0 Å². The first-order chi connectivity index (χ1) is 9.78. The van der Waals surface area contributed by atoms with Crippen LogP contribution in [0, 0.1) is 11.8 Å². The molecule has 2 unspecified atom stereocenters. The van der Waals surface area contributed by atoms with Crippen molar-refractivity contribution in [2.75, 3.05) is 25.0 Å². The number of nitrogens with one attached hydrogen (secondary N) is 1. The summed E-state index contributed by atoms with van der Waals surface area (Å²) in [6, 6.07) is 8.34. The van der Waals surface area contributed by atoms with Gasteiger partial charge in [0.05, 0.1) is 5.92 Å². The molecule has 2 aliphatic rings. The molecule has 20 heavy (non-hydrogen) atoms. The van der Waals surface area contributed by atoms with Crippen LogP contribution in [0.25, 0.3) is 0 Å². The molecule has 0 spiro atoms. The van der Waals surface area contributed by atoms with E-state index in [1.807, 2.05) is 6.07 Å². The van der Waals surface area contributed by atoms with Crippen LogP contribution in [0.15, 0.2) is 24.3 Å². The highest BCUT2D eigenvalue weighted by Gasteiger charge is 2.30. The lowest BCUT2D eigenvalue weighted by Gasteiger charge is -2.36. The van der Waals surface area contributed by atoms with Crippen molar-refractivity contribution in [2.24, 2.45) is 11.8 Å². The van der Waals surface area contributed by atoms with E-state index in [2.05, 4.69) is 35.3 Å². The minimum absolute atomic E-state index is 0.112. The Labute approximate surface area is 121 Å². The smallest absolute Gasteiger partial charge is 0.227 e. The summed E-state index contributed by atoms with van der Waals surface area (Å²) in [6.07, 6.45) is 4.53. The zero-order chi connectivity index (χ0) is 13.9. The number of benzene rings is 1. The lowest BCUT2D eigenvalue weighted by Crippen LogP contribution is -2.45. The Morgan fingerprint density at radius 2 is 2.25 bits per heavy atom. The summed E-state index contributed by atoms with van der Waals surface area (Å²) >= 11 is 0. The normalized spacial score (nSPS) is 25.8. The van der Waals surface area contributed by atoms with E-state index in [1.54, 1.807) is 0 Å². The lowest BCUT2D eigenvalue weighted by atomic mass is 9.90. The van der Waals surface area contributed by atoms with Gasteiger partial charge in [-0.05, 0) is 36.8 Å². The molecule has 1 aromatic carbocycles. The number of carbonyl (C=O) groups is 1. The molecule has 3 heteroatoms. The Balaban J connectivity index is 1.67. The fraction of sp³-hybridized carbons (Fsp3) is 0.588. The number of anilines is 1. The molecular weight excluding hydrogens is 248 g/mol. The van der Waals surface area contributed by atoms with Gasteiger partial charge in [0.25, 0.3) is 0 Å². The van der Waals surface area contributed by atoms with E-state index in [0.717, 1.165) is 26.1 Å². The van der Waals surface area contributed by atoms with Gasteiger partial charge in [-0.3, -0.25) is 4.79 Å². The van der Waals surface area contributed by atoms with Gasteiger partial charge in [0.1, 0.15) is 0 Å². The Morgan fingerprint density at radius 1 is 1.40 bits per heavy atom. The number of hydrogen-bond donors (Lipinski definition) is 1. The number of piperidine rings is 1. The molecule has 0 radical (unpaired) electrons. The van der Waals surface area contributed by atoms with Crippen LogP contribution >= 0.6 is 0 Å². The number of hydrogen-bond acceptors (Lipinski definition) is 2. The maximum absolute atomic E-state index is 12.7. The van der Waals surface area contributed by atoms with Crippen LogP contribution in [0.3, 0.4) is 0 Å². The van der Waals surface area contributed by atoms with Crippen LogP contribution in [0.1, 0.15) is 31.7 Å². The van der Waals surface area contributed by atoms with Gasteiger partial charge < -0.3 is 10.2 Å². The molecule has 1 fully saturated rings. The molecule has 2 aliphatic heterocycles. The molecule has 1 aromatic rings. The summed E-state index contributed by atoms with van der Waals surface area (Å²) in [4.78, 5) is 14.8. The molecule has 1 saturated heterocycles. The van der Waals surface area contributed by atoms with Crippen molar-refractivity contribution in [3.05, 3.63) is 29.8 Å². The van der Waals surface area contributed by atoms with Gasteiger partial charge in [0, 0.05) is 25.3 Å². The number of likely N-dealkylation sites (tertiary alicyclic amines) is 1. The standard InChI is InChI=1S/C17H24N2O/c1-2-13-6-5-9-19(12-13)17(20)15-10-14-7-3-4-8-16(14)18-11-15/h3-4,7-8,13,15,18H,2,5-6,9-12H2,1H3. The molecular formula is C17H24N2O. The number of para-hydroxylation sites is 1. The summed E-state index contributed by atoms with van der Waals surface area (Å²) in [6.45, 7) is 4.93. The lowest BCUT2D eigenvalue weighted by molar-refractivity contribution is -0.137. The third-order valence-corrected chi connectivity index (χ3v) is 4.78. The summed E-state index contributed by atoms with van der Waals surface area (Å²) in [5, 5.41) is 3.41. The van der Waals surface area contributed by atoms with Gasteiger partial charge in [0.2, 0.25) is 5.91 Å². The van der Waals surface area contributed by atoms with Crippen molar-refractivity contribution >= 4 is 11.6 Å². The number of amides is 1. The maximum Gasteiger partial charge on any atom is 0.227 e. The van der Waals surface area contributed by atoms with Gasteiger partial charge in [-0.2, -0.15) is 0 Å². The Hall–Kier alpha value is -1.51. The molecule has 0 bridgehead atoms. The maximum atomic E-state index is 12.7. The molecule has 0 aromatic heterocycles. The highest BCUT2D eigenvalue weighted by atomic mass is 16.2. The Morgan fingerprint density at radius 3 is 3.10 bits per heavy atom. The summed E-state index contributed by atoms with van der Waals surface area (Å²) < 4.78 is 0. The molecule has 108 valence electrons. The van der Waals surface area contributed by atoms with Gasteiger partial charge in [-0.15, -0.1) is 0 Å². The average molecular weight is 272 g/mol. The molecule has 0 aliphatic carbocycles. The third-order valence-electron chi connectivity index (χ3n) is 4.78. The second-order valence-corrected chi connectivity index (χ2v) is 6.14. The van der Waals surface area contributed by atoms with Gasteiger partial charge in [-0.25, -0.2) is 0 Å². The van der Waals surface area contributed by atoms with Crippen molar-refractivity contribution in [2.45, 2.75) is 32.6 Å². The minimum Gasteiger partial charge on any atom is -0.384 e. The molecule has 1 amide bonds. The van der Waals surface area contributed by atoms with Gasteiger partial charge >= 0.3 is 0 Å². The summed E-state index contributed by atoms with van der Waals surface area (Å²) in [5.41, 5.74) is 2.47. The fourth-order valence-corrected chi connectivity index (χ4v) is 3.47. The highest BCUT2D eigenvalue weighted by Crippen LogP contribution is 2.27. The zero-order valence-electron chi connectivity index (χ0n) is 12.3. The van der Waals surface area contributed by atoms with Gasteiger partial charge in [0.15, 0.2) is 0 Å². The highest BCUT2D eigenvalue weighted by molar-refractivity contribution is 5.81. The molecule has 1 N–H and O–H groups in total. The van der Waals surface area contributed by atoms with Crippen molar-refractivity contribution in [1.29, 1.82) is 0 Å². The van der Waals surface area contributed by atoms with Crippen molar-refractivity contribution in [3.8, 4) is 0 Å². The van der Waals surface area contributed by atoms with E-state index in [4.69, 9.17) is 0 Å². The predicted molar refractivity (Wildman–Crippen MR) is 81.7 cm³/mol. The Kier molecular flexibility index (Phi) is 3.95. The van der Waals surface area contributed by atoms with Gasteiger partial charge in [-0.1, -0.05) is 31.5 Å². The summed E-state index contributed by atoms with van der Waals surface area (Å²) in [5.74, 6) is 1.17. The van der Waals surface area contributed by atoms with Crippen LogP contribution in [-0.4, -0.2) is 30.4 Å². The topological polar surface area (TPSA) is 32.3 Å². The van der Waals surface area contributed by atoms with Crippen LogP contribution in [-0.2, 0) is 11.2 Å². The van der Waals surface area contributed by atoms with Crippen LogP contribution < -0.4 is 5.32 Å². The fourth-order valence-electron chi connectivity index (χ4n) is 3.47. The molecule has 0 saturated carbocycles. The van der Waals surface area contributed by atoms with Crippen LogP contribution in [0.4, 0.5) is 5.69 Å². The number of nitrogens with zero attached hydrogens (tertiary/aromatic N) is 1. The molecule has 2 atom stereocenters. The van der Waals surface area contributed by atoms with E-state index in [9.17, 15) is 4.79 Å². The molecule has 3 nitrogen and oxygen atoms in total. The first-order valence-electron chi connectivity index (χ1n) is 7.88. The number of rotatable bonds is 2. The van der Waals surface area contributed by atoms with E-state index < -0.39 is 0 Å². The first kappa shape index (κ1) is 13.5. The average Bonchev–Trinajstić information content (AvgIpc) is 2.53. The second kappa shape index (κ2) is 5.86. The number of fused-ring (bicyclic) bond motifs is 1. The quantitative estimate of drug-likeness (QED) is 0.898. The zero-order valence-corrected chi connectivity index (χ0v) is 12.3. The van der Waals surface area contributed by atoms with Crippen LogP contribution in [0.5, 0.6) is 0 Å². The Bertz CT molecular complexity index is 486. The SMILES string of the molecule is CCC1CCCN(C(=O)C2CNc3ccccc3C2)C1. The minimum atomic E-state index is 0.112. The summed E-state index contributed by atoms with van der Waals surface area (Å²) in [7, 11) is 0. The van der Waals surface area contributed by atoms with Crippen LogP contribution in [0.2, 0.25) is 0 Å². The second-order valence-electron chi connectivity index (χ2n) is 6.14. The van der Waals surface area contributed by atoms with E-state index in [1.165, 1.54) is 30.5 Å². The van der Waals surface area contributed by atoms with E-state index in [-0.39, 0.29) is 5.92 Å². The molecule has 3 rings (SSSR count). The van der Waals surface area contributed by atoms with E-state index in [0.29, 0.717) is 11.8 Å². The third kappa shape index (κ3) is 2.67. The predicted octanol–water partition coefficient (Wildman–Crippen LogP) is 2.92. The van der Waals surface area contributed by atoms with Crippen molar-refractivity contribution in [3.63, 3.8) is 0 Å². The monoisotopic (exact) mass is 272 g/mol. The first-order valence-corrected chi connectivity index (χ1v) is 7.88. The van der Waals surface area contributed by atoms with Crippen molar-refractivity contribution in [1.82, 2.24) is 4.90 Å². The number of carbonyl (C=O) groups excluding carboxylic acids is 1. The van der Waals surface area contributed by atoms with Crippen molar-refractivity contribution < 1.29 is 4.79 Å². The molecule has 2 heterocycles. The largest absolute Gasteiger partial charge is 0.384 e.